The van der Waals surface area contributed by atoms with E-state index in [9.17, 15) is 4.79 Å². The van der Waals surface area contributed by atoms with Crippen molar-refractivity contribution in [2.24, 2.45) is 0 Å². The lowest BCUT2D eigenvalue weighted by atomic mass is 9.93. The molecule has 0 saturated carbocycles. The van der Waals surface area contributed by atoms with Crippen LogP contribution in [0.4, 0.5) is 0 Å². The summed E-state index contributed by atoms with van der Waals surface area (Å²) >= 11 is 1.84. The van der Waals surface area contributed by atoms with Gasteiger partial charge in [-0.15, -0.1) is 0 Å². The van der Waals surface area contributed by atoms with E-state index >= 15 is 0 Å². The van der Waals surface area contributed by atoms with Crippen LogP contribution in [0.1, 0.15) is 30.2 Å². The molecule has 4 nitrogen and oxygen atoms in total. The fraction of sp³-hybridized carbons (Fsp3) is 0.450. The van der Waals surface area contributed by atoms with Gasteiger partial charge in [-0.3, -0.25) is 9.69 Å². The fourth-order valence-corrected chi connectivity index (χ4v) is 4.10. The van der Waals surface area contributed by atoms with Crippen molar-refractivity contribution in [3.05, 3.63) is 59.5 Å². The van der Waals surface area contributed by atoms with Gasteiger partial charge in [-0.2, -0.15) is 11.8 Å². The highest BCUT2D eigenvalue weighted by atomic mass is 32.2. The molecule has 1 aromatic carbocycles. The van der Waals surface area contributed by atoms with E-state index in [0.29, 0.717) is 0 Å². The maximum Gasteiger partial charge on any atom is 0.237 e. The van der Waals surface area contributed by atoms with Crippen LogP contribution in [0.15, 0.2) is 47.1 Å². The van der Waals surface area contributed by atoms with Crippen LogP contribution in [-0.2, 0) is 23.5 Å². The van der Waals surface area contributed by atoms with E-state index in [4.69, 9.17) is 4.42 Å². The third-order valence-corrected chi connectivity index (χ3v) is 5.71. The van der Waals surface area contributed by atoms with Crippen molar-refractivity contribution in [1.82, 2.24) is 10.2 Å². The molecule has 0 saturated heterocycles. The number of hydrogen-bond donors (Lipinski definition) is 1. The standard InChI is InChI=1S/C20H26N2O2S/c1-2-22-14-17-8-4-3-7-16(17)13-19(22)20(23)21-10-6-12-25-15-18-9-5-11-24-18/h3-5,7-9,11,19H,2,6,10,12-15H2,1H3,(H,21,23). The molecule has 1 amide bonds. The van der Waals surface area contributed by atoms with Gasteiger partial charge in [-0.1, -0.05) is 31.2 Å². The summed E-state index contributed by atoms with van der Waals surface area (Å²) < 4.78 is 5.31. The summed E-state index contributed by atoms with van der Waals surface area (Å²) in [6.45, 7) is 4.62. The van der Waals surface area contributed by atoms with Crippen LogP contribution in [0.5, 0.6) is 0 Å². The Morgan fingerprint density at radius 1 is 1.28 bits per heavy atom. The molecule has 1 atom stereocenters. The number of carbonyl (C=O) groups excluding carboxylic acids is 1. The van der Waals surface area contributed by atoms with Crippen molar-refractivity contribution in [3.63, 3.8) is 0 Å². The summed E-state index contributed by atoms with van der Waals surface area (Å²) in [4.78, 5) is 14.9. The fourth-order valence-electron chi connectivity index (χ4n) is 3.24. The molecule has 3 rings (SSSR count). The van der Waals surface area contributed by atoms with Crippen LogP contribution < -0.4 is 5.32 Å². The lowest BCUT2D eigenvalue weighted by Crippen LogP contribution is -2.50. The first kappa shape index (κ1) is 18.1. The Morgan fingerprint density at radius 2 is 2.12 bits per heavy atom. The molecule has 1 aromatic heterocycles. The second kappa shape index (κ2) is 9.11. The van der Waals surface area contributed by atoms with Crippen LogP contribution in [0.3, 0.4) is 0 Å². The molecule has 1 aliphatic rings. The van der Waals surface area contributed by atoms with Crippen molar-refractivity contribution >= 4 is 17.7 Å². The molecule has 134 valence electrons. The Kier molecular flexibility index (Phi) is 6.59. The summed E-state index contributed by atoms with van der Waals surface area (Å²) in [5.41, 5.74) is 2.66. The minimum Gasteiger partial charge on any atom is -0.468 e. The van der Waals surface area contributed by atoms with Crippen molar-refractivity contribution in [1.29, 1.82) is 0 Å². The van der Waals surface area contributed by atoms with E-state index in [0.717, 1.165) is 49.7 Å². The maximum absolute atomic E-state index is 12.6. The number of amides is 1. The van der Waals surface area contributed by atoms with Gasteiger partial charge in [0.2, 0.25) is 5.91 Å². The van der Waals surface area contributed by atoms with Crippen molar-refractivity contribution in [3.8, 4) is 0 Å². The monoisotopic (exact) mass is 358 g/mol. The number of rotatable bonds is 8. The van der Waals surface area contributed by atoms with Gasteiger partial charge in [0.25, 0.3) is 0 Å². The van der Waals surface area contributed by atoms with Crippen LogP contribution >= 0.6 is 11.8 Å². The molecule has 1 N–H and O–H groups in total. The Bertz CT molecular complexity index is 672. The van der Waals surface area contributed by atoms with Crippen LogP contribution in [0.2, 0.25) is 0 Å². The van der Waals surface area contributed by atoms with Gasteiger partial charge in [0.05, 0.1) is 18.1 Å². The van der Waals surface area contributed by atoms with Crippen LogP contribution in [0.25, 0.3) is 0 Å². The third kappa shape index (κ3) is 4.89. The lowest BCUT2D eigenvalue weighted by molar-refractivity contribution is -0.126. The van der Waals surface area contributed by atoms with Gasteiger partial charge in [0.1, 0.15) is 5.76 Å². The highest BCUT2D eigenvalue weighted by molar-refractivity contribution is 7.98. The summed E-state index contributed by atoms with van der Waals surface area (Å²) in [6, 6.07) is 12.3. The van der Waals surface area contributed by atoms with Crippen molar-refractivity contribution in [2.45, 2.75) is 38.1 Å². The van der Waals surface area contributed by atoms with Gasteiger partial charge in [0.15, 0.2) is 0 Å². The van der Waals surface area contributed by atoms with E-state index in [1.807, 2.05) is 23.9 Å². The largest absolute Gasteiger partial charge is 0.468 e. The summed E-state index contributed by atoms with van der Waals surface area (Å²) in [6.07, 6.45) is 3.49. The van der Waals surface area contributed by atoms with Crippen LogP contribution in [-0.4, -0.2) is 35.7 Å². The van der Waals surface area contributed by atoms with E-state index < -0.39 is 0 Å². The quantitative estimate of drug-likeness (QED) is 0.734. The number of thioether (sulfide) groups is 1. The maximum atomic E-state index is 12.6. The number of carbonyl (C=O) groups is 1. The summed E-state index contributed by atoms with van der Waals surface area (Å²) in [5, 5.41) is 3.12. The second-order valence-corrected chi connectivity index (χ2v) is 7.43. The van der Waals surface area contributed by atoms with E-state index in [2.05, 4.69) is 41.4 Å². The van der Waals surface area contributed by atoms with E-state index in [1.165, 1.54) is 11.1 Å². The van der Waals surface area contributed by atoms with Gasteiger partial charge in [-0.25, -0.2) is 0 Å². The predicted molar refractivity (Wildman–Crippen MR) is 103 cm³/mol. The van der Waals surface area contributed by atoms with Crippen molar-refractivity contribution in [2.75, 3.05) is 18.8 Å². The first-order chi connectivity index (χ1) is 12.3. The molecule has 1 unspecified atom stereocenters. The molecule has 1 aliphatic heterocycles. The summed E-state index contributed by atoms with van der Waals surface area (Å²) in [5.74, 6) is 3.08. The molecule has 0 radical (unpaired) electrons. The zero-order chi connectivity index (χ0) is 17.5. The second-order valence-electron chi connectivity index (χ2n) is 6.33. The highest BCUT2D eigenvalue weighted by Crippen LogP contribution is 2.23. The van der Waals surface area contributed by atoms with Gasteiger partial charge < -0.3 is 9.73 Å². The van der Waals surface area contributed by atoms with E-state index in [-0.39, 0.29) is 11.9 Å². The highest BCUT2D eigenvalue weighted by Gasteiger charge is 2.29. The molecule has 25 heavy (non-hydrogen) atoms. The molecule has 0 fully saturated rings. The zero-order valence-electron chi connectivity index (χ0n) is 14.7. The lowest BCUT2D eigenvalue weighted by Gasteiger charge is -2.35. The molecule has 0 spiro atoms. The Balaban J connectivity index is 1.41. The number of fused-ring (bicyclic) bond motifs is 1. The van der Waals surface area contributed by atoms with Crippen LogP contribution in [0, 0.1) is 0 Å². The number of furan rings is 1. The number of benzene rings is 1. The molecule has 5 heteroatoms. The molecule has 0 bridgehead atoms. The molecule has 2 heterocycles. The minimum absolute atomic E-state index is 0.0457. The van der Waals surface area contributed by atoms with Gasteiger partial charge >= 0.3 is 0 Å². The first-order valence-corrected chi connectivity index (χ1v) is 10.1. The average molecular weight is 359 g/mol. The predicted octanol–water partition coefficient (Wildman–Crippen LogP) is 3.47. The topological polar surface area (TPSA) is 45.5 Å². The Hall–Kier alpha value is -1.72. The number of hydrogen-bond acceptors (Lipinski definition) is 4. The first-order valence-electron chi connectivity index (χ1n) is 8.96. The van der Waals surface area contributed by atoms with Crippen molar-refractivity contribution < 1.29 is 9.21 Å². The smallest absolute Gasteiger partial charge is 0.237 e. The SMILES string of the molecule is CCN1Cc2ccccc2CC1C(=O)NCCCSCc1ccco1. The molecular formula is C20H26N2O2S. The minimum atomic E-state index is -0.0457. The van der Waals surface area contributed by atoms with Gasteiger partial charge in [0, 0.05) is 13.1 Å². The van der Waals surface area contributed by atoms with Gasteiger partial charge in [-0.05, 0) is 48.4 Å². The van der Waals surface area contributed by atoms with E-state index in [1.54, 1.807) is 6.26 Å². The number of nitrogens with one attached hydrogen (secondary N) is 1. The number of nitrogens with zero attached hydrogens (tertiary/aromatic N) is 1. The molecule has 0 aliphatic carbocycles. The average Bonchev–Trinajstić information content (AvgIpc) is 3.16. The molecule has 2 aromatic rings. The Morgan fingerprint density at radius 3 is 2.88 bits per heavy atom. The normalized spacial score (nSPS) is 17.2. The zero-order valence-corrected chi connectivity index (χ0v) is 15.6. The molecular weight excluding hydrogens is 332 g/mol. The Labute approximate surface area is 154 Å². The summed E-state index contributed by atoms with van der Waals surface area (Å²) in [7, 11) is 0. The third-order valence-electron chi connectivity index (χ3n) is 4.64. The number of likely N-dealkylation sites (N-methyl/N-ethyl adjacent to an activating group) is 1.